The third-order valence-corrected chi connectivity index (χ3v) is 7.56. The Labute approximate surface area is 208 Å². The van der Waals surface area contributed by atoms with E-state index in [0.717, 1.165) is 30.8 Å². The summed E-state index contributed by atoms with van der Waals surface area (Å²) in [5, 5.41) is 3.34. The van der Waals surface area contributed by atoms with Crippen molar-refractivity contribution in [3.05, 3.63) is 94.0 Å². The largest absolute Gasteiger partial charge is 0.378 e. The minimum Gasteiger partial charge on any atom is -0.378 e. The number of hydrogen-bond acceptors (Lipinski definition) is 3. The fraction of sp³-hybridized carbons (Fsp3) is 0.333. The summed E-state index contributed by atoms with van der Waals surface area (Å²) in [7, 11) is 4.15. The van der Waals surface area contributed by atoms with Crippen LogP contribution < -0.4 is 20.3 Å². The van der Waals surface area contributed by atoms with Crippen molar-refractivity contribution >= 4 is 23.0 Å². The third kappa shape index (κ3) is 3.99. The van der Waals surface area contributed by atoms with Crippen LogP contribution in [0.25, 0.3) is 0 Å². The molecule has 0 spiro atoms. The smallest absolute Gasteiger partial charge is 0.304 e. The van der Waals surface area contributed by atoms with Crippen LogP contribution in [-0.2, 0) is 11.8 Å². The van der Waals surface area contributed by atoms with E-state index in [9.17, 15) is 4.79 Å². The molecule has 0 bridgehead atoms. The summed E-state index contributed by atoms with van der Waals surface area (Å²) in [5.41, 5.74) is 13.1. The summed E-state index contributed by atoms with van der Waals surface area (Å²) in [4.78, 5) is 17.5. The van der Waals surface area contributed by atoms with E-state index in [1.54, 1.807) is 0 Å². The number of anilines is 2. The quantitative estimate of drug-likeness (QED) is 0.578. The fourth-order valence-corrected chi connectivity index (χ4v) is 5.51. The Morgan fingerprint density at radius 1 is 1.03 bits per heavy atom. The molecular weight excluding hydrogens is 432 g/mol. The van der Waals surface area contributed by atoms with Gasteiger partial charge in [0.1, 0.15) is 0 Å². The fourth-order valence-electron chi connectivity index (χ4n) is 5.51. The highest BCUT2D eigenvalue weighted by Crippen LogP contribution is 2.45. The van der Waals surface area contributed by atoms with E-state index >= 15 is 0 Å². The zero-order valence-corrected chi connectivity index (χ0v) is 21.4. The Hall–Kier alpha value is -3.60. The molecule has 0 saturated carbocycles. The molecular formula is C30H35N4O+. The van der Waals surface area contributed by atoms with Gasteiger partial charge in [-0.05, 0) is 78.9 Å². The molecule has 1 aliphatic carbocycles. The Kier molecular flexibility index (Phi) is 5.87. The summed E-state index contributed by atoms with van der Waals surface area (Å²) in [6.45, 7) is 8.97. The Morgan fingerprint density at radius 3 is 2.49 bits per heavy atom. The molecule has 3 aromatic carbocycles. The van der Waals surface area contributed by atoms with E-state index in [1.165, 1.54) is 40.0 Å². The molecule has 5 rings (SSSR count). The molecule has 1 aliphatic heterocycles. The highest BCUT2D eigenvalue weighted by molar-refractivity contribution is 6.14. The zero-order chi connectivity index (χ0) is 24.7. The zero-order valence-electron chi connectivity index (χ0n) is 21.4. The highest BCUT2D eigenvalue weighted by Gasteiger charge is 2.40. The lowest BCUT2D eigenvalue weighted by Crippen LogP contribution is -2.85. The minimum atomic E-state index is -0.183. The molecule has 0 saturated heterocycles. The molecule has 2 aliphatic rings. The van der Waals surface area contributed by atoms with Crippen molar-refractivity contribution in [1.29, 1.82) is 0 Å². The molecule has 0 unspecified atom stereocenters. The predicted octanol–water partition coefficient (Wildman–Crippen LogP) is 3.43. The number of nitrogens with one attached hydrogen (secondary N) is 2. The van der Waals surface area contributed by atoms with Crippen LogP contribution in [0.5, 0.6) is 0 Å². The first-order chi connectivity index (χ1) is 16.8. The minimum absolute atomic E-state index is 0.147. The standard InChI is InChI=1S/C30H34N4O/c1-6-34-16-10-13-21-17-24-26(19-27(21)34)30(2,3)25-18-22(33(4)5)14-15-23(25)28(24)31-32-29(35)20-11-8-7-9-12-20/h7-9,11-12,14-15,17-19H,6,10,13,16H2,1-5H3,(H,32,35)/p+1. The molecule has 5 nitrogen and oxygen atoms in total. The van der Waals surface area contributed by atoms with Gasteiger partial charge in [0.15, 0.2) is 0 Å². The molecule has 1 heterocycles. The number of benzene rings is 3. The van der Waals surface area contributed by atoms with Crippen molar-refractivity contribution in [1.82, 2.24) is 5.43 Å². The van der Waals surface area contributed by atoms with Crippen molar-refractivity contribution in [2.45, 2.75) is 39.0 Å². The maximum atomic E-state index is 12.9. The number of nitrogens with zero attached hydrogens (tertiary/aromatic N) is 2. The molecule has 35 heavy (non-hydrogen) atoms. The number of aryl methyl sites for hydroxylation is 1. The van der Waals surface area contributed by atoms with Crippen LogP contribution >= 0.6 is 0 Å². The maximum Gasteiger partial charge on any atom is 0.304 e. The van der Waals surface area contributed by atoms with E-state index in [2.05, 4.69) is 85.5 Å². The number of amides is 1. The van der Waals surface area contributed by atoms with Crippen LogP contribution in [0.1, 0.15) is 65.4 Å². The van der Waals surface area contributed by atoms with Crippen molar-refractivity contribution in [3.8, 4) is 0 Å². The van der Waals surface area contributed by atoms with Gasteiger partial charge in [-0.25, -0.2) is 0 Å². The maximum absolute atomic E-state index is 12.9. The number of fused-ring (bicyclic) bond motifs is 3. The Bertz CT molecular complexity index is 1310. The normalized spacial score (nSPS) is 16.8. The van der Waals surface area contributed by atoms with Crippen molar-refractivity contribution < 1.29 is 9.90 Å². The van der Waals surface area contributed by atoms with Crippen LogP contribution in [-0.4, -0.2) is 38.8 Å². The summed E-state index contributed by atoms with van der Waals surface area (Å²) < 4.78 is 0. The van der Waals surface area contributed by atoms with Gasteiger partial charge in [-0.2, -0.15) is 0 Å². The van der Waals surface area contributed by atoms with Gasteiger partial charge in [-0.3, -0.25) is 4.79 Å². The van der Waals surface area contributed by atoms with Crippen LogP contribution in [0.3, 0.4) is 0 Å². The molecule has 0 atom stereocenters. The number of carbonyl (C=O) groups excluding carboxylic acids is 1. The van der Waals surface area contributed by atoms with Crippen LogP contribution in [0.15, 0.2) is 60.7 Å². The van der Waals surface area contributed by atoms with E-state index in [0.29, 0.717) is 5.56 Å². The molecule has 0 radical (unpaired) electrons. The van der Waals surface area contributed by atoms with Crippen LogP contribution in [0, 0.1) is 0 Å². The predicted molar refractivity (Wildman–Crippen MR) is 144 cm³/mol. The Balaban J connectivity index is 1.69. The second-order valence-electron chi connectivity index (χ2n) is 10.3. The summed E-state index contributed by atoms with van der Waals surface area (Å²) in [6, 6.07) is 20.7. The number of carbonyl (C=O) groups is 1. The first-order valence-corrected chi connectivity index (χ1v) is 12.5. The van der Waals surface area contributed by atoms with Gasteiger partial charge < -0.3 is 9.80 Å². The molecule has 3 aromatic rings. The van der Waals surface area contributed by atoms with Crippen molar-refractivity contribution in [2.75, 3.05) is 37.0 Å². The molecule has 1 amide bonds. The monoisotopic (exact) mass is 467 g/mol. The second kappa shape index (κ2) is 8.88. The van der Waals surface area contributed by atoms with E-state index < -0.39 is 0 Å². The average Bonchev–Trinajstić information content (AvgIpc) is 2.87. The van der Waals surface area contributed by atoms with Gasteiger partial charge in [0.2, 0.25) is 5.71 Å². The van der Waals surface area contributed by atoms with Gasteiger partial charge in [-0.15, -0.1) is 10.5 Å². The summed E-state index contributed by atoms with van der Waals surface area (Å²) >= 11 is 0. The third-order valence-electron chi connectivity index (χ3n) is 7.56. The molecule has 5 heteroatoms. The summed E-state index contributed by atoms with van der Waals surface area (Å²) in [6.07, 6.45) is 2.24. The highest BCUT2D eigenvalue weighted by atomic mass is 16.2. The van der Waals surface area contributed by atoms with Gasteiger partial charge in [0.25, 0.3) is 0 Å². The number of hydrazine groups is 1. The second-order valence-corrected chi connectivity index (χ2v) is 10.3. The van der Waals surface area contributed by atoms with E-state index in [-0.39, 0.29) is 11.3 Å². The number of hydrazone groups is 1. The number of hydrogen-bond donors (Lipinski definition) is 2. The molecule has 180 valence electrons. The van der Waals surface area contributed by atoms with Gasteiger partial charge >= 0.3 is 5.91 Å². The van der Waals surface area contributed by atoms with Crippen molar-refractivity contribution in [2.24, 2.45) is 0 Å². The first-order valence-electron chi connectivity index (χ1n) is 12.5. The molecule has 0 aromatic heterocycles. The Morgan fingerprint density at radius 2 is 1.77 bits per heavy atom. The summed E-state index contributed by atoms with van der Waals surface area (Å²) in [5.74, 6) is -0.147. The van der Waals surface area contributed by atoms with Crippen LogP contribution in [0.4, 0.5) is 11.4 Å². The van der Waals surface area contributed by atoms with Gasteiger partial charge in [0, 0.05) is 49.5 Å². The van der Waals surface area contributed by atoms with Gasteiger partial charge in [0.05, 0.1) is 11.1 Å². The van der Waals surface area contributed by atoms with Crippen LogP contribution in [0.2, 0.25) is 0 Å². The lowest BCUT2D eigenvalue weighted by molar-refractivity contribution is -0.507. The molecule has 2 N–H and O–H groups in total. The SMILES string of the molecule is CCN1CCCc2cc3c(cc21)C(C)(C)c1cc(N(C)C)ccc1C3=[NH+]NC(=O)c1ccccc1. The van der Waals surface area contributed by atoms with E-state index in [1.807, 2.05) is 30.3 Å². The average molecular weight is 468 g/mol. The first kappa shape index (κ1) is 23.2. The van der Waals surface area contributed by atoms with Crippen molar-refractivity contribution in [3.63, 3.8) is 0 Å². The lowest BCUT2D eigenvalue weighted by Gasteiger charge is -2.38. The lowest BCUT2D eigenvalue weighted by atomic mass is 9.67. The van der Waals surface area contributed by atoms with Gasteiger partial charge in [-0.1, -0.05) is 32.0 Å². The molecule has 0 fully saturated rings. The number of rotatable bonds is 4. The van der Waals surface area contributed by atoms with E-state index in [4.69, 9.17) is 0 Å². The topological polar surface area (TPSA) is 49.6 Å².